The van der Waals surface area contributed by atoms with E-state index >= 15 is 0 Å². The molecule has 0 amide bonds. The number of aliphatic imine (C=N–C) groups is 2. The molecule has 0 bridgehead atoms. The molecule has 6 nitrogen and oxygen atoms in total. The van der Waals surface area contributed by atoms with E-state index in [0.717, 1.165) is 67.2 Å². The van der Waals surface area contributed by atoms with Crippen LogP contribution in [-0.2, 0) is 0 Å². The van der Waals surface area contributed by atoms with Crippen LogP contribution in [0.2, 0.25) is 0 Å². The number of nitrogens with zero attached hydrogens (tertiary/aromatic N) is 6. The van der Waals surface area contributed by atoms with Crippen molar-refractivity contribution < 1.29 is 0 Å². The predicted octanol–water partition coefficient (Wildman–Crippen LogP) is 7.13. The molecule has 0 fully saturated rings. The Morgan fingerprint density at radius 3 is 1.65 bits per heavy atom. The molecule has 1 aliphatic rings. The van der Waals surface area contributed by atoms with Gasteiger partial charge in [0.15, 0.2) is 0 Å². The van der Waals surface area contributed by atoms with E-state index in [2.05, 4.69) is 33.2 Å². The van der Waals surface area contributed by atoms with E-state index < -0.39 is 0 Å². The topological polar surface area (TPSA) is 76.3 Å². The lowest BCUT2D eigenvalue weighted by Crippen LogP contribution is -2.03. The largest absolute Gasteiger partial charge is 0.259 e. The monoisotopic (exact) mass is 476 g/mol. The lowest BCUT2D eigenvalue weighted by Gasteiger charge is -2.12. The molecule has 0 aliphatic carbocycles. The minimum Gasteiger partial charge on any atom is -0.259 e. The zero-order valence-electron chi connectivity index (χ0n) is 19.8. The number of hydrogen-bond donors (Lipinski definition) is 0. The number of aromatic nitrogens is 4. The Kier molecular flexibility index (Phi) is 5.07. The maximum atomic E-state index is 5.00. The fourth-order valence-electron chi connectivity index (χ4n) is 4.55. The Bertz CT molecular complexity index is 1770. The van der Waals surface area contributed by atoms with E-state index in [1.165, 1.54) is 0 Å². The summed E-state index contributed by atoms with van der Waals surface area (Å²) in [4.78, 5) is 28.7. The summed E-state index contributed by atoms with van der Waals surface area (Å²) in [5.74, 6) is 0. The fourth-order valence-corrected chi connectivity index (χ4v) is 4.55. The van der Waals surface area contributed by atoms with Gasteiger partial charge < -0.3 is 0 Å². The Morgan fingerprint density at radius 2 is 1.03 bits per heavy atom. The van der Waals surface area contributed by atoms with Crippen LogP contribution in [0.5, 0.6) is 0 Å². The SMILES string of the molecule is C1=Nc2ccccc2N=C(c2cc(-c3cnc4ccccc4n3)cc(-c3cnc4ccccc4n3)c2)C1. The van der Waals surface area contributed by atoms with Crippen molar-refractivity contribution in [2.45, 2.75) is 6.42 Å². The first-order valence-corrected chi connectivity index (χ1v) is 12.1. The van der Waals surface area contributed by atoms with E-state index in [1.807, 2.05) is 91.4 Å². The maximum Gasteiger partial charge on any atom is 0.0894 e. The van der Waals surface area contributed by atoms with Crippen LogP contribution in [0.3, 0.4) is 0 Å². The Morgan fingerprint density at radius 1 is 0.514 bits per heavy atom. The predicted molar refractivity (Wildman–Crippen MR) is 149 cm³/mol. The second kappa shape index (κ2) is 8.84. The molecule has 7 rings (SSSR count). The summed E-state index contributed by atoms with van der Waals surface area (Å²) in [6.45, 7) is 0. The van der Waals surface area contributed by atoms with E-state index in [9.17, 15) is 0 Å². The van der Waals surface area contributed by atoms with Crippen molar-refractivity contribution in [1.29, 1.82) is 0 Å². The summed E-state index contributed by atoms with van der Waals surface area (Å²) in [6, 6.07) is 30.1. The van der Waals surface area contributed by atoms with Crippen LogP contribution in [0, 0.1) is 0 Å². The van der Waals surface area contributed by atoms with Gasteiger partial charge in [0.2, 0.25) is 0 Å². The average Bonchev–Trinajstić information content (AvgIpc) is 3.19. The second-order valence-corrected chi connectivity index (χ2v) is 8.85. The minimum atomic E-state index is 0.615. The number of para-hydroxylation sites is 6. The van der Waals surface area contributed by atoms with Gasteiger partial charge in [-0.05, 0) is 60.2 Å². The van der Waals surface area contributed by atoms with E-state index in [4.69, 9.17) is 15.0 Å². The van der Waals surface area contributed by atoms with Crippen molar-refractivity contribution in [2.75, 3.05) is 0 Å². The van der Waals surface area contributed by atoms with Gasteiger partial charge in [0.05, 0.1) is 62.9 Å². The second-order valence-electron chi connectivity index (χ2n) is 8.85. The number of hydrogen-bond acceptors (Lipinski definition) is 6. The lowest BCUT2D eigenvalue weighted by atomic mass is 9.97. The van der Waals surface area contributed by atoms with Crippen LogP contribution in [0.15, 0.2) is 113 Å². The molecular formula is C31H20N6. The summed E-state index contributed by atoms with van der Waals surface area (Å²) in [7, 11) is 0. The van der Waals surface area contributed by atoms with Crippen LogP contribution in [0.4, 0.5) is 11.4 Å². The molecule has 6 aromatic rings. The van der Waals surface area contributed by atoms with Crippen LogP contribution in [0.1, 0.15) is 12.0 Å². The third-order valence-electron chi connectivity index (χ3n) is 6.41. The van der Waals surface area contributed by atoms with Crippen LogP contribution < -0.4 is 0 Å². The van der Waals surface area contributed by atoms with E-state index in [1.54, 1.807) is 0 Å². The molecule has 3 heterocycles. The average molecular weight is 477 g/mol. The molecule has 0 saturated heterocycles. The summed E-state index contributed by atoms with van der Waals surface area (Å²) in [5, 5.41) is 0. The summed E-state index contributed by atoms with van der Waals surface area (Å²) in [5.41, 5.74) is 10.5. The van der Waals surface area contributed by atoms with Crippen molar-refractivity contribution in [3.63, 3.8) is 0 Å². The van der Waals surface area contributed by atoms with Gasteiger partial charge in [-0.3, -0.25) is 20.0 Å². The molecule has 0 spiro atoms. The fraction of sp³-hybridized carbons (Fsp3) is 0.0323. The molecule has 0 unspecified atom stereocenters. The van der Waals surface area contributed by atoms with Gasteiger partial charge in [-0.1, -0.05) is 36.4 Å². The van der Waals surface area contributed by atoms with Crippen molar-refractivity contribution in [3.05, 3.63) is 109 Å². The molecule has 0 saturated carbocycles. The molecule has 2 aromatic heterocycles. The van der Waals surface area contributed by atoms with E-state index in [0.29, 0.717) is 6.42 Å². The van der Waals surface area contributed by atoms with Crippen LogP contribution in [0.25, 0.3) is 44.6 Å². The highest BCUT2D eigenvalue weighted by molar-refractivity contribution is 6.11. The molecule has 0 atom stereocenters. The molecule has 4 aromatic carbocycles. The quantitative estimate of drug-likeness (QED) is 0.272. The van der Waals surface area contributed by atoms with Crippen molar-refractivity contribution in [1.82, 2.24) is 19.9 Å². The van der Waals surface area contributed by atoms with Gasteiger partial charge in [-0.15, -0.1) is 0 Å². The van der Waals surface area contributed by atoms with Gasteiger partial charge in [0.1, 0.15) is 0 Å². The summed E-state index contributed by atoms with van der Waals surface area (Å²) < 4.78 is 0. The first kappa shape index (κ1) is 21.2. The van der Waals surface area contributed by atoms with Gasteiger partial charge in [0.25, 0.3) is 0 Å². The maximum absolute atomic E-state index is 5.00. The smallest absolute Gasteiger partial charge is 0.0894 e. The number of benzene rings is 4. The molecule has 0 N–H and O–H groups in total. The Labute approximate surface area is 213 Å². The normalized spacial score (nSPS) is 12.8. The van der Waals surface area contributed by atoms with Crippen LogP contribution in [-0.4, -0.2) is 31.9 Å². The van der Waals surface area contributed by atoms with Gasteiger partial charge in [-0.25, -0.2) is 9.97 Å². The van der Waals surface area contributed by atoms with Crippen molar-refractivity contribution >= 4 is 45.4 Å². The third kappa shape index (κ3) is 4.04. The first-order valence-electron chi connectivity index (χ1n) is 12.1. The summed E-state index contributed by atoms with van der Waals surface area (Å²) in [6.07, 6.45) is 6.18. The van der Waals surface area contributed by atoms with E-state index in [-0.39, 0.29) is 0 Å². The molecule has 1 aliphatic heterocycles. The number of fused-ring (bicyclic) bond motifs is 3. The summed E-state index contributed by atoms with van der Waals surface area (Å²) >= 11 is 0. The first-order chi connectivity index (χ1) is 18.3. The van der Waals surface area contributed by atoms with Gasteiger partial charge in [0, 0.05) is 23.8 Å². The third-order valence-corrected chi connectivity index (χ3v) is 6.41. The highest BCUT2D eigenvalue weighted by atomic mass is 14.9. The molecular weight excluding hydrogens is 456 g/mol. The molecule has 6 heteroatoms. The van der Waals surface area contributed by atoms with Crippen molar-refractivity contribution in [3.8, 4) is 22.5 Å². The molecule has 37 heavy (non-hydrogen) atoms. The van der Waals surface area contributed by atoms with Gasteiger partial charge >= 0.3 is 0 Å². The molecule has 0 radical (unpaired) electrons. The van der Waals surface area contributed by atoms with Crippen LogP contribution >= 0.6 is 0 Å². The van der Waals surface area contributed by atoms with Gasteiger partial charge in [-0.2, -0.15) is 0 Å². The zero-order valence-corrected chi connectivity index (χ0v) is 19.8. The van der Waals surface area contributed by atoms with Crippen molar-refractivity contribution in [2.24, 2.45) is 9.98 Å². The standard InChI is InChI=1S/C31H20N6/c1-4-10-27-24(7-1)32-14-13-23(35-27)20-15-21(30-18-33-25-8-2-5-11-28(25)36-30)17-22(16-20)31-19-34-26-9-3-6-12-29(26)37-31/h1-12,14-19H,13H2. The lowest BCUT2D eigenvalue weighted by molar-refractivity contribution is 1.28. The molecule has 174 valence electrons. The highest BCUT2D eigenvalue weighted by Gasteiger charge is 2.15. The Hall–Kier alpha value is -5.10. The Balaban J connectivity index is 1.43. The number of rotatable bonds is 3. The highest BCUT2D eigenvalue weighted by Crippen LogP contribution is 2.33. The minimum absolute atomic E-state index is 0.615. The zero-order chi connectivity index (χ0) is 24.6.